The molecule has 0 N–H and O–H groups in total. The first kappa shape index (κ1) is 31.2. The van der Waals surface area contributed by atoms with E-state index in [4.69, 9.17) is 23.1 Å². The Morgan fingerprint density at radius 2 is 0.935 bits per heavy atom. The van der Waals surface area contributed by atoms with E-state index < -0.39 is 16.6 Å². The molecule has 5 nitrogen and oxygen atoms in total. The molecule has 0 atom stereocenters. The smallest absolute Gasteiger partial charge is 0.192 e. The van der Waals surface area contributed by atoms with E-state index in [1.807, 2.05) is 0 Å². The van der Waals surface area contributed by atoms with Crippen molar-refractivity contribution in [3.05, 3.63) is 0 Å². The summed E-state index contributed by atoms with van der Waals surface area (Å²) >= 11 is 0. The van der Waals surface area contributed by atoms with Crippen LogP contribution >= 0.6 is 0 Å². The maximum absolute atomic E-state index is 6.18. The summed E-state index contributed by atoms with van der Waals surface area (Å²) in [5.74, 6) is 0. The highest BCUT2D eigenvalue weighted by molar-refractivity contribution is 6.74. The predicted molar refractivity (Wildman–Crippen MR) is 137 cm³/mol. The van der Waals surface area contributed by atoms with Gasteiger partial charge in [0.15, 0.2) is 16.6 Å². The molecule has 0 aliphatic carbocycles. The molecule has 0 aromatic carbocycles. The van der Waals surface area contributed by atoms with Gasteiger partial charge in [0.1, 0.15) is 0 Å². The Labute approximate surface area is 196 Å². The van der Waals surface area contributed by atoms with E-state index in [1.165, 1.54) is 0 Å². The van der Waals surface area contributed by atoms with Gasteiger partial charge in [0.2, 0.25) is 0 Å². The first-order valence-electron chi connectivity index (χ1n) is 12.0. The van der Waals surface area contributed by atoms with Crippen molar-refractivity contribution in [3.8, 4) is 0 Å². The van der Waals surface area contributed by atoms with Gasteiger partial charge in [-0.1, -0.05) is 48.5 Å². The minimum absolute atomic E-state index is 0.194. The zero-order valence-electron chi connectivity index (χ0n) is 22.9. The van der Waals surface area contributed by atoms with Crippen molar-refractivity contribution in [1.29, 1.82) is 0 Å². The molecule has 0 amide bonds. The molecule has 0 aliphatic rings. The molecule has 0 radical (unpaired) electrons. The van der Waals surface area contributed by atoms with Crippen LogP contribution in [0.3, 0.4) is 0 Å². The topological polar surface area (TPSA) is 46.2 Å². The standard InChI is InChI=1S/C24H54O5Si2/c1-13-24(25-8,14-16-26-18-20-28-30(9,10)22(2,3)4)15-17-27-19-21-29-31(11,12)23(5,6)7/h13-21H2,1-12H3. The largest absolute Gasteiger partial charge is 0.414 e. The lowest BCUT2D eigenvalue weighted by atomic mass is 9.93. The average Bonchev–Trinajstić information content (AvgIpc) is 2.63. The zero-order chi connectivity index (χ0) is 24.4. The van der Waals surface area contributed by atoms with E-state index >= 15 is 0 Å². The molecule has 0 spiro atoms. The lowest BCUT2D eigenvalue weighted by Crippen LogP contribution is -2.41. The van der Waals surface area contributed by atoms with Crippen molar-refractivity contribution in [2.75, 3.05) is 46.8 Å². The highest BCUT2D eigenvalue weighted by atomic mass is 28.4. The van der Waals surface area contributed by atoms with Crippen LogP contribution in [0.2, 0.25) is 36.3 Å². The Hall–Kier alpha value is 0.234. The molecule has 0 saturated heterocycles. The van der Waals surface area contributed by atoms with Crippen LogP contribution in [0.4, 0.5) is 0 Å². The summed E-state index contributed by atoms with van der Waals surface area (Å²) in [6.07, 6.45) is 2.67. The van der Waals surface area contributed by atoms with Crippen LogP contribution in [0.1, 0.15) is 67.7 Å². The molecule has 7 heteroatoms. The van der Waals surface area contributed by atoms with Crippen molar-refractivity contribution < 1.29 is 23.1 Å². The van der Waals surface area contributed by atoms with Crippen LogP contribution in [-0.4, -0.2) is 69.0 Å². The minimum Gasteiger partial charge on any atom is -0.414 e. The molecule has 0 unspecified atom stereocenters. The highest BCUT2D eigenvalue weighted by Gasteiger charge is 2.37. The molecular weight excluding hydrogens is 424 g/mol. The lowest BCUT2D eigenvalue weighted by Gasteiger charge is -2.36. The predicted octanol–water partition coefficient (Wildman–Crippen LogP) is 6.64. The molecule has 0 aromatic rings. The Balaban J connectivity index is 4.18. The van der Waals surface area contributed by atoms with E-state index in [9.17, 15) is 0 Å². The van der Waals surface area contributed by atoms with Crippen molar-refractivity contribution in [1.82, 2.24) is 0 Å². The van der Waals surface area contributed by atoms with Gasteiger partial charge in [0.25, 0.3) is 0 Å². The third kappa shape index (κ3) is 11.3. The van der Waals surface area contributed by atoms with Gasteiger partial charge < -0.3 is 23.1 Å². The normalized spacial score (nSPS) is 14.3. The quantitative estimate of drug-likeness (QED) is 0.184. The molecule has 0 fully saturated rings. The lowest BCUT2D eigenvalue weighted by molar-refractivity contribution is -0.0639. The van der Waals surface area contributed by atoms with Crippen LogP contribution in [0.15, 0.2) is 0 Å². The van der Waals surface area contributed by atoms with Crippen LogP contribution in [0.5, 0.6) is 0 Å². The van der Waals surface area contributed by atoms with Gasteiger partial charge in [0, 0.05) is 20.3 Å². The van der Waals surface area contributed by atoms with Gasteiger partial charge >= 0.3 is 0 Å². The molecule has 0 bridgehead atoms. The van der Waals surface area contributed by atoms with E-state index in [0.29, 0.717) is 39.6 Å². The summed E-state index contributed by atoms with van der Waals surface area (Å²) in [5, 5.41) is 0.465. The Morgan fingerprint density at radius 3 is 1.19 bits per heavy atom. The van der Waals surface area contributed by atoms with Crippen LogP contribution in [0.25, 0.3) is 0 Å². The second-order valence-corrected chi connectivity index (χ2v) is 21.3. The first-order valence-corrected chi connectivity index (χ1v) is 17.8. The first-order chi connectivity index (χ1) is 14.0. The third-order valence-corrected chi connectivity index (χ3v) is 16.6. The van der Waals surface area contributed by atoms with Gasteiger partial charge in [-0.05, 0) is 55.5 Å². The van der Waals surface area contributed by atoms with E-state index in [2.05, 4.69) is 74.7 Å². The van der Waals surface area contributed by atoms with Gasteiger partial charge in [-0.3, -0.25) is 0 Å². The Morgan fingerprint density at radius 1 is 0.581 bits per heavy atom. The second kappa shape index (κ2) is 13.2. The second-order valence-electron chi connectivity index (χ2n) is 11.7. The number of ether oxygens (including phenoxy) is 3. The SMILES string of the molecule is CCC(CCOCCO[Si](C)(C)C(C)(C)C)(CCOCCO[Si](C)(C)C(C)(C)C)OC. The van der Waals surface area contributed by atoms with Crippen molar-refractivity contribution in [2.45, 2.75) is 110 Å². The highest BCUT2D eigenvalue weighted by Crippen LogP contribution is 2.37. The van der Waals surface area contributed by atoms with Crippen molar-refractivity contribution >= 4 is 16.6 Å². The third-order valence-electron chi connectivity index (χ3n) is 7.47. The van der Waals surface area contributed by atoms with Gasteiger partial charge in [-0.25, -0.2) is 0 Å². The van der Waals surface area contributed by atoms with E-state index in [1.54, 1.807) is 7.11 Å². The summed E-state index contributed by atoms with van der Waals surface area (Å²) in [6.45, 7) is 28.8. The average molecular weight is 479 g/mol. The monoisotopic (exact) mass is 478 g/mol. The van der Waals surface area contributed by atoms with Gasteiger partial charge in [-0.15, -0.1) is 0 Å². The Bertz CT molecular complexity index is 437. The number of hydrogen-bond acceptors (Lipinski definition) is 5. The van der Waals surface area contributed by atoms with Crippen LogP contribution in [-0.2, 0) is 23.1 Å². The molecule has 0 rings (SSSR count). The molecule has 0 aliphatic heterocycles. The number of rotatable bonds is 16. The maximum Gasteiger partial charge on any atom is 0.192 e. The van der Waals surface area contributed by atoms with Crippen molar-refractivity contribution in [2.24, 2.45) is 0 Å². The summed E-state index contributed by atoms with van der Waals surface area (Å²) in [5.41, 5.74) is -0.194. The minimum atomic E-state index is -1.70. The van der Waals surface area contributed by atoms with E-state index in [0.717, 1.165) is 19.3 Å². The van der Waals surface area contributed by atoms with Crippen molar-refractivity contribution in [3.63, 3.8) is 0 Å². The van der Waals surface area contributed by atoms with Crippen LogP contribution in [0, 0.1) is 0 Å². The molecule has 188 valence electrons. The molecular formula is C24H54O5Si2. The fourth-order valence-electron chi connectivity index (χ4n) is 2.69. The fraction of sp³-hybridized carbons (Fsp3) is 1.00. The summed E-state index contributed by atoms with van der Waals surface area (Å²) in [4.78, 5) is 0. The Kier molecular flexibility index (Phi) is 13.3. The number of methoxy groups -OCH3 is 1. The summed E-state index contributed by atoms with van der Waals surface area (Å²) in [7, 11) is -1.60. The summed E-state index contributed by atoms with van der Waals surface area (Å²) < 4.78 is 30.0. The molecule has 31 heavy (non-hydrogen) atoms. The molecule has 0 heterocycles. The summed E-state index contributed by atoms with van der Waals surface area (Å²) in [6, 6.07) is 0. The maximum atomic E-state index is 6.18. The zero-order valence-corrected chi connectivity index (χ0v) is 24.9. The van der Waals surface area contributed by atoms with E-state index in [-0.39, 0.29) is 15.7 Å². The number of hydrogen-bond donors (Lipinski definition) is 0. The van der Waals surface area contributed by atoms with Crippen LogP contribution < -0.4 is 0 Å². The molecule has 0 saturated carbocycles. The fourth-order valence-corrected chi connectivity index (χ4v) is 4.75. The van der Waals surface area contributed by atoms with Gasteiger partial charge in [-0.2, -0.15) is 0 Å². The molecule has 0 aromatic heterocycles. The van der Waals surface area contributed by atoms with Gasteiger partial charge in [0.05, 0.1) is 32.0 Å².